The third-order valence-corrected chi connectivity index (χ3v) is 4.05. The summed E-state index contributed by atoms with van der Waals surface area (Å²) in [5.41, 5.74) is 1.74. The first-order valence-corrected chi connectivity index (χ1v) is 8.59. The summed E-state index contributed by atoms with van der Waals surface area (Å²) in [6.07, 6.45) is 2.21. The van der Waals surface area contributed by atoms with Gasteiger partial charge in [0.2, 0.25) is 0 Å². The van der Waals surface area contributed by atoms with E-state index in [0.717, 1.165) is 24.1 Å². The lowest BCUT2D eigenvalue weighted by Crippen LogP contribution is -2.17. The predicted octanol–water partition coefficient (Wildman–Crippen LogP) is 4.43. The van der Waals surface area contributed by atoms with Crippen molar-refractivity contribution < 1.29 is 18.4 Å². The third kappa shape index (κ3) is 4.56. The van der Waals surface area contributed by atoms with Crippen molar-refractivity contribution in [3.8, 4) is 0 Å². The number of carbonyl (C=O) groups excluding carboxylic acids is 2. The van der Waals surface area contributed by atoms with Gasteiger partial charge in [-0.05, 0) is 48.4 Å². The number of nitrogens with one attached hydrogen (secondary N) is 2. The summed E-state index contributed by atoms with van der Waals surface area (Å²) >= 11 is 0. The molecule has 0 bridgehead atoms. The van der Waals surface area contributed by atoms with Crippen molar-refractivity contribution in [1.82, 2.24) is 4.98 Å². The molecule has 0 saturated carbocycles. The number of hydrogen-bond acceptors (Lipinski definition) is 3. The molecule has 1 aromatic heterocycles. The van der Waals surface area contributed by atoms with Crippen LogP contribution < -0.4 is 10.6 Å². The Kier molecular flexibility index (Phi) is 5.74. The lowest BCUT2D eigenvalue weighted by Gasteiger charge is -2.08. The van der Waals surface area contributed by atoms with Crippen molar-refractivity contribution >= 4 is 23.2 Å². The first-order valence-electron chi connectivity index (χ1n) is 8.59. The summed E-state index contributed by atoms with van der Waals surface area (Å²) in [6.45, 7) is 2.04. The molecule has 2 N–H and O–H groups in total. The molecule has 0 fully saturated rings. The zero-order chi connectivity index (χ0) is 20.1. The second kappa shape index (κ2) is 8.39. The summed E-state index contributed by atoms with van der Waals surface area (Å²) in [6, 6.07) is 13.0. The number of rotatable bonds is 5. The molecule has 0 unspecified atom stereocenters. The van der Waals surface area contributed by atoms with Crippen molar-refractivity contribution in [1.29, 1.82) is 0 Å². The normalized spacial score (nSPS) is 10.4. The van der Waals surface area contributed by atoms with E-state index in [-0.39, 0.29) is 16.9 Å². The van der Waals surface area contributed by atoms with Crippen LogP contribution >= 0.6 is 0 Å². The van der Waals surface area contributed by atoms with Gasteiger partial charge >= 0.3 is 0 Å². The molecule has 1 heterocycles. The van der Waals surface area contributed by atoms with E-state index in [1.807, 2.05) is 19.1 Å². The molecule has 2 aromatic carbocycles. The van der Waals surface area contributed by atoms with Gasteiger partial charge in [-0.1, -0.05) is 19.1 Å². The van der Waals surface area contributed by atoms with E-state index in [4.69, 9.17) is 0 Å². The topological polar surface area (TPSA) is 71.1 Å². The number of amides is 2. The Labute approximate surface area is 160 Å². The van der Waals surface area contributed by atoms with Gasteiger partial charge in [0.25, 0.3) is 11.8 Å². The van der Waals surface area contributed by atoms with Crippen LogP contribution in [0.5, 0.6) is 0 Å². The van der Waals surface area contributed by atoms with Gasteiger partial charge in [0.05, 0.1) is 5.69 Å². The number of aromatic nitrogens is 1. The third-order valence-electron chi connectivity index (χ3n) is 4.05. The molecule has 3 aromatic rings. The average Bonchev–Trinajstić information content (AvgIpc) is 2.70. The second-order valence-electron chi connectivity index (χ2n) is 6.01. The molecule has 0 aliphatic heterocycles. The minimum atomic E-state index is -0.905. The minimum Gasteiger partial charge on any atom is -0.322 e. The van der Waals surface area contributed by atoms with E-state index in [0.29, 0.717) is 11.8 Å². The number of halogens is 2. The Balaban J connectivity index is 1.73. The molecule has 0 aliphatic rings. The Morgan fingerprint density at radius 2 is 1.68 bits per heavy atom. The van der Waals surface area contributed by atoms with Gasteiger partial charge in [-0.2, -0.15) is 0 Å². The van der Waals surface area contributed by atoms with E-state index in [9.17, 15) is 18.4 Å². The number of benzene rings is 2. The van der Waals surface area contributed by atoms with Crippen LogP contribution in [0.3, 0.4) is 0 Å². The zero-order valence-electron chi connectivity index (χ0n) is 15.0. The Hall–Kier alpha value is -3.61. The summed E-state index contributed by atoms with van der Waals surface area (Å²) in [4.78, 5) is 28.6. The molecule has 0 aliphatic carbocycles. The molecular weight excluding hydrogens is 364 g/mol. The molecule has 0 saturated heterocycles. The van der Waals surface area contributed by atoms with Crippen LogP contribution in [0.4, 0.5) is 20.2 Å². The number of hydrogen-bond donors (Lipinski definition) is 2. The smallest absolute Gasteiger partial charge is 0.274 e. The number of pyridine rings is 1. The fourth-order valence-electron chi connectivity index (χ4n) is 2.50. The largest absolute Gasteiger partial charge is 0.322 e. The Morgan fingerprint density at radius 3 is 2.36 bits per heavy atom. The monoisotopic (exact) mass is 381 g/mol. The van der Waals surface area contributed by atoms with Crippen molar-refractivity contribution in [3.63, 3.8) is 0 Å². The molecular formula is C21H17F2N3O2. The van der Waals surface area contributed by atoms with Crippen LogP contribution in [0.1, 0.15) is 33.3 Å². The standard InChI is InChI=1S/C21H17F2N3O2/c1-2-13-3-6-16(7-4-13)25-20(27)14-9-10-24-19(11-14)21(28)26-18-8-5-15(22)12-17(18)23/h3-12H,2H2,1H3,(H,25,27)(H,26,28). The fraction of sp³-hybridized carbons (Fsp3) is 0.0952. The maximum absolute atomic E-state index is 13.7. The first kappa shape index (κ1) is 19.2. The van der Waals surface area contributed by atoms with Crippen LogP contribution in [-0.2, 0) is 6.42 Å². The van der Waals surface area contributed by atoms with Crippen LogP contribution in [0, 0.1) is 11.6 Å². The van der Waals surface area contributed by atoms with Gasteiger partial charge in [0, 0.05) is 23.5 Å². The molecule has 0 atom stereocenters. The predicted molar refractivity (Wildman–Crippen MR) is 102 cm³/mol. The van der Waals surface area contributed by atoms with Crippen molar-refractivity contribution in [2.24, 2.45) is 0 Å². The molecule has 7 heteroatoms. The second-order valence-corrected chi connectivity index (χ2v) is 6.01. The molecule has 3 rings (SSSR count). The van der Waals surface area contributed by atoms with E-state index in [1.54, 1.807) is 12.1 Å². The van der Waals surface area contributed by atoms with Crippen LogP contribution in [0.15, 0.2) is 60.8 Å². The van der Waals surface area contributed by atoms with Crippen LogP contribution in [0.25, 0.3) is 0 Å². The van der Waals surface area contributed by atoms with E-state index in [2.05, 4.69) is 15.6 Å². The van der Waals surface area contributed by atoms with Gasteiger partial charge in [0.15, 0.2) is 0 Å². The maximum Gasteiger partial charge on any atom is 0.274 e. The highest BCUT2D eigenvalue weighted by atomic mass is 19.1. The van der Waals surface area contributed by atoms with Crippen molar-refractivity contribution in [2.75, 3.05) is 10.6 Å². The molecule has 2 amide bonds. The zero-order valence-corrected chi connectivity index (χ0v) is 15.0. The first-order chi connectivity index (χ1) is 13.5. The summed E-state index contributed by atoms with van der Waals surface area (Å²) in [5.74, 6) is -2.78. The highest BCUT2D eigenvalue weighted by Gasteiger charge is 2.14. The van der Waals surface area contributed by atoms with Gasteiger partial charge in [0.1, 0.15) is 17.3 Å². The Bertz CT molecular complexity index is 1020. The molecule has 142 valence electrons. The van der Waals surface area contributed by atoms with Crippen molar-refractivity contribution in [3.05, 3.63) is 89.2 Å². The minimum absolute atomic E-state index is 0.0716. The lowest BCUT2D eigenvalue weighted by molar-refractivity contribution is 0.102. The highest BCUT2D eigenvalue weighted by Crippen LogP contribution is 2.16. The van der Waals surface area contributed by atoms with Gasteiger partial charge in [-0.25, -0.2) is 8.78 Å². The lowest BCUT2D eigenvalue weighted by atomic mass is 10.1. The van der Waals surface area contributed by atoms with Crippen LogP contribution in [-0.4, -0.2) is 16.8 Å². The van der Waals surface area contributed by atoms with E-state index in [1.165, 1.54) is 18.3 Å². The quantitative estimate of drug-likeness (QED) is 0.687. The molecule has 0 spiro atoms. The Morgan fingerprint density at radius 1 is 0.929 bits per heavy atom. The van der Waals surface area contributed by atoms with Gasteiger partial charge < -0.3 is 10.6 Å². The number of anilines is 2. The summed E-state index contributed by atoms with van der Waals surface area (Å²) in [5, 5.41) is 5.05. The number of aryl methyl sites for hydroxylation is 1. The average molecular weight is 381 g/mol. The SMILES string of the molecule is CCc1ccc(NC(=O)c2ccnc(C(=O)Nc3ccc(F)cc3F)c2)cc1. The summed E-state index contributed by atoms with van der Waals surface area (Å²) in [7, 11) is 0. The van der Waals surface area contributed by atoms with Crippen molar-refractivity contribution in [2.45, 2.75) is 13.3 Å². The summed E-state index contributed by atoms with van der Waals surface area (Å²) < 4.78 is 26.7. The molecule has 28 heavy (non-hydrogen) atoms. The van der Waals surface area contributed by atoms with Gasteiger partial charge in [-0.15, -0.1) is 0 Å². The molecule has 0 radical (unpaired) electrons. The maximum atomic E-state index is 13.7. The number of nitrogens with zero attached hydrogens (tertiary/aromatic N) is 1. The van der Waals surface area contributed by atoms with Gasteiger partial charge in [-0.3, -0.25) is 14.6 Å². The number of carbonyl (C=O) groups is 2. The fourth-order valence-corrected chi connectivity index (χ4v) is 2.50. The van der Waals surface area contributed by atoms with E-state index < -0.39 is 23.4 Å². The highest BCUT2D eigenvalue weighted by molar-refractivity contribution is 6.07. The van der Waals surface area contributed by atoms with E-state index >= 15 is 0 Å². The van der Waals surface area contributed by atoms with Crippen LogP contribution in [0.2, 0.25) is 0 Å². The molecule has 5 nitrogen and oxygen atoms in total.